The maximum Gasteiger partial charge on any atom is 0.192 e. The van der Waals surface area contributed by atoms with Gasteiger partial charge in [-0.25, -0.2) is 0 Å². The average Bonchev–Trinajstić information content (AvgIpc) is 2.52. The molecule has 1 aromatic heterocycles. The fourth-order valence-electron chi connectivity index (χ4n) is 1.70. The molecule has 3 nitrogen and oxygen atoms in total. The van der Waals surface area contributed by atoms with E-state index in [9.17, 15) is 5.11 Å². The summed E-state index contributed by atoms with van der Waals surface area (Å²) in [4.78, 5) is 2.94. The highest BCUT2D eigenvalue weighted by atomic mass is 32.1. The fraction of sp³-hybridized carbons (Fsp3) is 0.500. The van der Waals surface area contributed by atoms with Gasteiger partial charge >= 0.3 is 0 Å². The van der Waals surface area contributed by atoms with Gasteiger partial charge in [0.05, 0.1) is 6.10 Å². The second-order valence-electron chi connectivity index (χ2n) is 3.53. The Labute approximate surface area is 87.7 Å². The lowest BCUT2D eigenvalue weighted by molar-refractivity contribution is 0.0573. The average molecular weight is 211 g/mol. The molecular formula is C10H13NO2S. The minimum absolute atomic E-state index is 0.0805. The van der Waals surface area contributed by atoms with Gasteiger partial charge in [-0.2, -0.15) is 0 Å². The van der Waals surface area contributed by atoms with E-state index in [2.05, 4.69) is 4.98 Å². The van der Waals surface area contributed by atoms with Crippen molar-refractivity contribution in [1.82, 2.24) is 4.98 Å². The topological polar surface area (TPSA) is 45.2 Å². The molecule has 0 aliphatic heterocycles. The number of aromatic amines is 1. The molecule has 0 spiro atoms. The summed E-state index contributed by atoms with van der Waals surface area (Å²) in [6.07, 6.45) is 2.36. The van der Waals surface area contributed by atoms with Crippen LogP contribution in [0.15, 0.2) is 18.2 Å². The summed E-state index contributed by atoms with van der Waals surface area (Å²) in [5, 5.41) is 9.55. The third-order valence-corrected chi connectivity index (χ3v) is 2.68. The van der Waals surface area contributed by atoms with Crippen LogP contribution in [0, 0.1) is 4.64 Å². The van der Waals surface area contributed by atoms with Crippen molar-refractivity contribution in [3.63, 3.8) is 0 Å². The van der Waals surface area contributed by atoms with Crippen LogP contribution in [0.1, 0.15) is 19.3 Å². The van der Waals surface area contributed by atoms with Gasteiger partial charge in [0, 0.05) is 0 Å². The van der Waals surface area contributed by atoms with E-state index in [0.717, 1.165) is 19.3 Å². The van der Waals surface area contributed by atoms with Crippen LogP contribution in [0.25, 0.3) is 0 Å². The first-order chi connectivity index (χ1) is 6.75. The molecule has 0 radical (unpaired) electrons. The molecule has 0 aromatic carbocycles. The Morgan fingerprint density at radius 2 is 2.29 bits per heavy atom. The normalized spacial score (nSPS) is 26.4. The Balaban J connectivity index is 2.07. The van der Waals surface area contributed by atoms with E-state index in [0.29, 0.717) is 10.5 Å². The first kappa shape index (κ1) is 9.68. The molecule has 0 amide bonds. The first-order valence-corrected chi connectivity index (χ1v) is 5.20. The van der Waals surface area contributed by atoms with Crippen molar-refractivity contribution in [3.8, 4) is 5.88 Å². The van der Waals surface area contributed by atoms with Crippen LogP contribution in [0.4, 0.5) is 0 Å². The summed E-state index contributed by atoms with van der Waals surface area (Å²) in [6.45, 7) is 0. The van der Waals surface area contributed by atoms with Gasteiger partial charge in [-0.3, -0.25) is 0 Å². The molecule has 4 heteroatoms. The van der Waals surface area contributed by atoms with E-state index in [4.69, 9.17) is 17.0 Å². The lowest BCUT2D eigenvalue weighted by Crippen LogP contribution is -2.25. The molecule has 2 rings (SSSR count). The molecular weight excluding hydrogens is 198 g/mol. The molecule has 1 aromatic rings. The summed E-state index contributed by atoms with van der Waals surface area (Å²) in [5.74, 6) is 0.642. The van der Waals surface area contributed by atoms with Gasteiger partial charge in [0.2, 0.25) is 0 Å². The number of nitrogens with one attached hydrogen (secondary N) is 1. The molecule has 1 fully saturated rings. The molecule has 0 saturated heterocycles. The summed E-state index contributed by atoms with van der Waals surface area (Å²) < 4.78 is 6.24. The number of aliphatic hydroxyl groups excluding tert-OH is 1. The zero-order chi connectivity index (χ0) is 9.97. The standard InChI is InChI=1S/C10H13NO2S/c12-7-3-1-4-8(7)13-9-5-2-6-10(14)11-9/h2,5-8,12H,1,3-4H2,(H,11,14)/t7-,8+/m0/s1. The number of aromatic nitrogens is 1. The highest BCUT2D eigenvalue weighted by Crippen LogP contribution is 2.23. The smallest absolute Gasteiger partial charge is 0.192 e. The van der Waals surface area contributed by atoms with Gasteiger partial charge in [0.1, 0.15) is 10.7 Å². The van der Waals surface area contributed by atoms with Gasteiger partial charge in [0.25, 0.3) is 0 Å². The number of hydrogen-bond donors (Lipinski definition) is 2. The second-order valence-corrected chi connectivity index (χ2v) is 3.97. The van der Waals surface area contributed by atoms with Gasteiger partial charge in [-0.05, 0) is 31.4 Å². The molecule has 14 heavy (non-hydrogen) atoms. The number of hydrogen-bond acceptors (Lipinski definition) is 3. The van der Waals surface area contributed by atoms with Crippen LogP contribution < -0.4 is 4.74 Å². The van der Waals surface area contributed by atoms with Gasteiger partial charge in [0.15, 0.2) is 5.88 Å². The zero-order valence-electron chi connectivity index (χ0n) is 7.77. The predicted molar refractivity (Wildman–Crippen MR) is 55.9 cm³/mol. The Bertz CT molecular complexity index is 363. The first-order valence-electron chi connectivity index (χ1n) is 4.80. The minimum Gasteiger partial charge on any atom is -0.473 e. The van der Waals surface area contributed by atoms with Crippen molar-refractivity contribution < 1.29 is 9.84 Å². The molecule has 2 N–H and O–H groups in total. The third kappa shape index (κ3) is 2.13. The van der Waals surface area contributed by atoms with E-state index < -0.39 is 0 Å². The number of aliphatic hydroxyl groups is 1. The Morgan fingerprint density at radius 1 is 1.43 bits per heavy atom. The Kier molecular flexibility index (Phi) is 2.84. The maximum absolute atomic E-state index is 9.55. The SMILES string of the molecule is O[C@H]1CCC[C@H]1Oc1cccc(=S)[nH]1. The summed E-state index contributed by atoms with van der Waals surface area (Å²) in [5.41, 5.74) is 0. The highest BCUT2D eigenvalue weighted by Gasteiger charge is 2.26. The lowest BCUT2D eigenvalue weighted by atomic mass is 10.3. The highest BCUT2D eigenvalue weighted by molar-refractivity contribution is 7.71. The molecule has 1 aliphatic carbocycles. The van der Waals surface area contributed by atoms with E-state index in [-0.39, 0.29) is 12.2 Å². The molecule has 0 unspecified atom stereocenters. The second kappa shape index (κ2) is 4.11. The molecule has 76 valence electrons. The number of H-pyrrole nitrogens is 1. The van der Waals surface area contributed by atoms with Crippen LogP contribution in [0.5, 0.6) is 5.88 Å². The van der Waals surface area contributed by atoms with Crippen molar-refractivity contribution in [1.29, 1.82) is 0 Å². The van der Waals surface area contributed by atoms with E-state index in [1.165, 1.54) is 0 Å². The molecule has 1 aliphatic rings. The van der Waals surface area contributed by atoms with Crippen LogP contribution in [0.3, 0.4) is 0 Å². The number of pyridine rings is 1. The largest absolute Gasteiger partial charge is 0.473 e. The van der Waals surface area contributed by atoms with Crippen LogP contribution >= 0.6 is 12.2 Å². The number of rotatable bonds is 2. The summed E-state index contributed by atoms with van der Waals surface area (Å²) in [7, 11) is 0. The van der Waals surface area contributed by atoms with E-state index >= 15 is 0 Å². The quantitative estimate of drug-likeness (QED) is 0.736. The molecule has 2 atom stereocenters. The van der Waals surface area contributed by atoms with Crippen molar-refractivity contribution in [2.75, 3.05) is 0 Å². The molecule has 0 bridgehead atoms. The van der Waals surface area contributed by atoms with Crippen LogP contribution in [0.2, 0.25) is 0 Å². The van der Waals surface area contributed by atoms with E-state index in [1.54, 1.807) is 6.07 Å². The van der Waals surface area contributed by atoms with E-state index in [1.807, 2.05) is 12.1 Å². The number of ether oxygens (including phenoxy) is 1. The van der Waals surface area contributed by atoms with Gasteiger partial charge < -0.3 is 14.8 Å². The molecule has 1 saturated carbocycles. The zero-order valence-corrected chi connectivity index (χ0v) is 8.59. The van der Waals surface area contributed by atoms with Crippen molar-refractivity contribution in [2.24, 2.45) is 0 Å². The van der Waals surface area contributed by atoms with Crippen molar-refractivity contribution >= 4 is 12.2 Å². The maximum atomic E-state index is 9.55. The van der Waals surface area contributed by atoms with Crippen LogP contribution in [-0.4, -0.2) is 22.3 Å². The van der Waals surface area contributed by atoms with Gasteiger partial charge in [-0.1, -0.05) is 18.3 Å². The monoisotopic (exact) mass is 211 g/mol. The molecule has 1 heterocycles. The Hall–Kier alpha value is -0.870. The minimum atomic E-state index is -0.336. The Morgan fingerprint density at radius 3 is 2.93 bits per heavy atom. The van der Waals surface area contributed by atoms with Crippen molar-refractivity contribution in [3.05, 3.63) is 22.8 Å². The third-order valence-electron chi connectivity index (χ3n) is 2.44. The fourth-order valence-corrected chi connectivity index (χ4v) is 1.88. The van der Waals surface area contributed by atoms with Crippen molar-refractivity contribution in [2.45, 2.75) is 31.5 Å². The summed E-state index contributed by atoms with van der Waals surface area (Å²) in [6, 6.07) is 5.46. The van der Waals surface area contributed by atoms with Crippen LogP contribution in [-0.2, 0) is 0 Å². The predicted octanol–water partition coefficient (Wildman–Crippen LogP) is 2.04. The summed E-state index contributed by atoms with van der Waals surface area (Å²) >= 11 is 4.97. The van der Waals surface area contributed by atoms with Gasteiger partial charge in [-0.15, -0.1) is 0 Å². The lowest BCUT2D eigenvalue weighted by Gasteiger charge is -2.16.